The van der Waals surface area contributed by atoms with E-state index in [4.69, 9.17) is 11.6 Å². The fourth-order valence-corrected chi connectivity index (χ4v) is 5.42. The molecule has 0 aliphatic carbocycles. The van der Waals surface area contributed by atoms with Gasteiger partial charge in [0.2, 0.25) is 15.9 Å². The summed E-state index contributed by atoms with van der Waals surface area (Å²) in [6, 6.07) is 12.7. The molecule has 2 N–H and O–H groups in total. The highest BCUT2D eigenvalue weighted by molar-refractivity contribution is 7.89. The Morgan fingerprint density at radius 3 is 2.50 bits per heavy atom. The number of quaternary nitrogens is 1. The lowest BCUT2D eigenvalue weighted by molar-refractivity contribution is -0.917. The van der Waals surface area contributed by atoms with Crippen LogP contribution in [0.1, 0.15) is 24.0 Å². The Balaban J connectivity index is 1.44. The number of sulfonamides is 1. The molecule has 1 atom stereocenters. The number of anilines is 1. The summed E-state index contributed by atoms with van der Waals surface area (Å²) in [4.78, 5) is 13.4. The zero-order valence-corrected chi connectivity index (χ0v) is 17.2. The molecular weight excluding hydrogens is 398 g/mol. The van der Waals surface area contributed by atoms with Crippen LogP contribution in [0.15, 0.2) is 47.4 Å². The largest absolute Gasteiger partial charge is 0.329 e. The van der Waals surface area contributed by atoms with Crippen LogP contribution in [0.2, 0.25) is 5.02 Å². The van der Waals surface area contributed by atoms with Crippen LogP contribution in [0.4, 0.5) is 5.69 Å². The Hall–Kier alpha value is -1.93. The summed E-state index contributed by atoms with van der Waals surface area (Å²) in [5.74, 6) is -0.422. The standard InChI is InChI=1S/C20H22ClN3O3S/c1-14-18-12-17(6-7-19(18)22-20(14)25)28(26,27)24-10-8-23(9-11-24)13-15-2-4-16(21)5-3-15/h2-7,12,14H,8-11,13H2,1H3,(H,22,25)/p+1/t14-/m0/s1. The number of amides is 1. The van der Waals surface area contributed by atoms with E-state index in [2.05, 4.69) is 5.32 Å². The van der Waals surface area contributed by atoms with Crippen LogP contribution >= 0.6 is 11.6 Å². The van der Waals surface area contributed by atoms with Gasteiger partial charge < -0.3 is 10.2 Å². The van der Waals surface area contributed by atoms with Crippen molar-refractivity contribution in [2.75, 3.05) is 31.5 Å². The summed E-state index contributed by atoms with van der Waals surface area (Å²) in [7, 11) is -3.56. The topological polar surface area (TPSA) is 70.9 Å². The molecule has 8 heteroatoms. The van der Waals surface area contributed by atoms with Crippen molar-refractivity contribution in [2.24, 2.45) is 0 Å². The minimum Gasteiger partial charge on any atom is -0.329 e. The van der Waals surface area contributed by atoms with E-state index in [1.807, 2.05) is 24.3 Å². The molecule has 28 heavy (non-hydrogen) atoms. The first-order valence-electron chi connectivity index (χ1n) is 9.37. The van der Waals surface area contributed by atoms with Gasteiger partial charge in [-0.3, -0.25) is 4.79 Å². The molecule has 0 aromatic heterocycles. The van der Waals surface area contributed by atoms with Gasteiger partial charge in [-0.1, -0.05) is 23.7 Å². The second kappa shape index (κ2) is 7.48. The van der Waals surface area contributed by atoms with E-state index in [9.17, 15) is 13.2 Å². The molecule has 0 spiro atoms. The van der Waals surface area contributed by atoms with Crippen molar-refractivity contribution in [3.05, 3.63) is 58.6 Å². The lowest BCUT2D eigenvalue weighted by Gasteiger charge is -2.31. The molecule has 2 aromatic rings. The minimum atomic E-state index is -3.56. The van der Waals surface area contributed by atoms with Crippen LogP contribution in [-0.2, 0) is 21.4 Å². The lowest BCUT2D eigenvalue weighted by atomic mass is 10.0. The molecule has 0 bridgehead atoms. The number of fused-ring (bicyclic) bond motifs is 1. The highest BCUT2D eigenvalue weighted by atomic mass is 35.5. The molecule has 4 rings (SSSR count). The average molecular weight is 421 g/mol. The Morgan fingerprint density at radius 1 is 1.14 bits per heavy atom. The lowest BCUT2D eigenvalue weighted by Crippen LogP contribution is -3.13. The molecular formula is C20H23ClN3O3S+. The van der Waals surface area contributed by atoms with E-state index in [1.165, 1.54) is 10.5 Å². The van der Waals surface area contributed by atoms with Gasteiger partial charge in [-0.05, 0) is 42.8 Å². The van der Waals surface area contributed by atoms with Gasteiger partial charge >= 0.3 is 0 Å². The monoisotopic (exact) mass is 420 g/mol. The van der Waals surface area contributed by atoms with Gasteiger partial charge in [-0.15, -0.1) is 0 Å². The van der Waals surface area contributed by atoms with Crippen LogP contribution in [0, 0.1) is 0 Å². The van der Waals surface area contributed by atoms with Crippen molar-refractivity contribution in [3.8, 4) is 0 Å². The normalized spacial score (nSPS) is 20.8. The number of rotatable bonds is 4. The molecule has 2 aromatic carbocycles. The molecule has 1 amide bonds. The molecule has 1 fully saturated rings. The van der Waals surface area contributed by atoms with Crippen LogP contribution in [0.3, 0.4) is 0 Å². The van der Waals surface area contributed by atoms with Gasteiger partial charge in [0.15, 0.2) is 0 Å². The van der Waals surface area contributed by atoms with E-state index < -0.39 is 10.0 Å². The fourth-order valence-electron chi connectivity index (χ4n) is 3.82. The molecule has 2 aliphatic rings. The SMILES string of the molecule is C[C@@H]1C(=O)Nc2ccc(S(=O)(=O)N3CC[NH+](Cc4ccc(Cl)cc4)CC3)cc21. The van der Waals surface area contributed by atoms with Crippen LogP contribution in [-0.4, -0.2) is 44.8 Å². The number of hydrogen-bond donors (Lipinski definition) is 2. The summed E-state index contributed by atoms with van der Waals surface area (Å²) >= 11 is 5.93. The van der Waals surface area contributed by atoms with E-state index in [0.717, 1.165) is 30.2 Å². The summed E-state index contributed by atoms with van der Waals surface area (Å²) in [5.41, 5.74) is 2.65. The van der Waals surface area contributed by atoms with Crippen LogP contribution < -0.4 is 10.2 Å². The molecule has 2 heterocycles. The zero-order chi connectivity index (χ0) is 19.9. The third kappa shape index (κ3) is 3.67. The maximum atomic E-state index is 13.1. The predicted octanol–water partition coefficient (Wildman–Crippen LogP) is 1.49. The third-order valence-corrected chi connectivity index (χ3v) is 7.72. The smallest absolute Gasteiger partial charge is 0.243 e. The maximum absolute atomic E-state index is 13.1. The number of carbonyl (C=O) groups excluding carboxylic acids is 1. The summed E-state index contributed by atoms with van der Waals surface area (Å²) < 4.78 is 27.7. The molecule has 0 radical (unpaired) electrons. The number of halogens is 1. The Bertz CT molecular complexity index is 1000. The number of carbonyl (C=O) groups is 1. The Labute approximate surface area is 170 Å². The van der Waals surface area contributed by atoms with Crippen molar-refractivity contribution in [1.29, 1.82) is 0 Å². The molecule has 1 saturated heterocycles. The van der Waals surface area contributed by atoms with E-state index >= 15 is 0 Å². The summed E-state index contributed by atoms with van der Waals surface area (Å²) in [6.07, 6.45) is 0. The molecule has 0 saturated carbocycles. The predicted molar refractivity (Wildman–Crippen MR) is 108 cm³/mol. The van der Waals surface area contributed by atoms with E-state index in [-0.39, 0.29) is 16.7 Å². The van der Waals surface area contributed by atoms with Gasteiger partial charge in [-0.2, -0.15) is 4.31 Å². The minimum absolute atomic E-state index is 0.0936. The van der Waals surface area contributed by atoms with Gasteiger partial charge in [-0.25, -0.2) is 8.42 Å². The second-order valence-electron chi connectivity index (χ2n) is 7.42. The van der Waals surface area contributed by atoms with E-state index in [0.29, 0.717) is 18.8 Å². The molecule has 6 nitrogen and oxygen atoms in total. The first-order chi connectivity index (χ1) is 13.3. The van der Waals surface area contributed by atoms with Crippen molar-refractivity contribution in [3.63, 3.8) is 0 Å². The van der Waals surface area contributed by atoms with Crippen molar-refractivity contribution in [1.82, 2.24) is 4.31 Å². The Kier molecular flexibility index (Phi) is 5.18. The first kappa shape index (κ1) is 19.4. The summed E-state index contributed by atoms with van der Waals surface area (Å²) in [5, 5.41) is 3.50. The highest BCUT2D eigenvalue weighted by Crippen LogP contribution is 2.34. The first-order valence-corrected chi connectivity index (χ1v) is 11.2. The van der Waals surface area contributed by atoms with Gasteiger partial charge in [0.25, 0.3) is 0 Å². The van der Waals surface area contributed by atoms with Crippen molar-refractivity contribution < 1.29 is 18.1 Å². The molecule has 2 aliphatic heterocycles. The zero-order valence-electron chi connectivity index (χ0n) is 15.6. The quantitative estimate of drug-likeness (QED) is 0.787. The summed E-state index contributed by atoms with van der Waals surface area (Å²) in [6.45, 7) is 5.11. The highest BCUT2D eigenvalue weighted by Gasteiger charge is 2.33. The van der Waals surface area contributed by atoms with Gasteiger partial charge in [0, 0.05) is 16.3 Å². The Morgan fingerprint density at radius 2 is 1.82 bits per heavy atom. The van der Waals surface area contributed by atoms with Crippen molar-refractivity contribution >= 4 is 33.2 Å². The number of nitrogens with one attached hydrogen (secondary N) is 2. The third-order valence-electron chi connectivity index (χ3n) is 5.58. The molecule has 148 valence electrons. The van der Waals surface area contributed by atoms with Crippen LogP contribution in [0.5, 0.6) is 0 Å². The van der Waals surface area contributed by atoms with Crippen molar-refractivity contribution in [2.45, 2.75) is 24.3 Å². The van der Waals surface area contributed by atoms with Gasteiger partial charge in [0.05, 0.1) is 37.0 Å². The second-order valence-corrected chi connectivity index (χ2v) is 9.79. The number of piperazine rings is 1. The number of nitrogens with zero attached hydrogens (tertiary/aromatic N) is 1. The number of benzene rings is 2. The maximum Gasteiger partial charge on any atom is 0.243 e. The average Bonchev–Trinajstić information content (AvgIpc) is 2.97. The van der Waals surface area contributed by atoms with Crippen LogP contribution in [0.25, 0.3) is 0 Å². The fraction of sp³-hybridized carbons (Fsp3) is 0.350. The van der Waals surface area contributed by atoms with Gasteiger partial charge in [0.1, 0.15) is 6.54 Å². The van der Waals surface area contributed by atoms with E-state index in [1.54, 1.807) is 29.4 Å². The molecule has 0 unspecified atom stereocenters. The number of hydrogen-bond acceptors (Lipinski definition) is 3.